The van der Waals surface area contributed by atoms with Crippen molar-refractivity contribution in [2.75, 3.05) is 13.1 Å². The Kier molecular flexibility index (Phi) is 5.61. The van der Waals surface area contributed by atoms with Crippen molar-refractivity contribution >= 4 is 6.09 Å². The van der Waals surface area contributed by atoms with Gasteiger partial charge in [-0.25, -0.2) is 4.79 Å². The largest absolute Gasteiger partial charge is 0.444 e. The van der Waals surface area contributed by atoms with Gasteiger partial charge in [0.1, 0.15) is 5.60 Å². The van der Waals surface area contributed by atoms with Crippen LogP contribution in [0.15, 0.2) is 0 Å². The van der Waals surface area contributed by atoms with E-state index < -0.39 is 5.60 Å². The number of carbonyl (C=O) groups is 1. The number of hydrogen-bond acceptors (Lipinski definition) is 4. The second-order valence-electron chi connectivity index (χ2n) is 6.05. The summed E-state index contributed by atoms with van der Waals surface area (Å²) >= 11 is 0. The van der Waals surface area contributed by atoms with Crippen molar-refractivity contribution < 1.29 is 9.53 Å². The standard InChI is InChI=1S/C14H25N3O2/c1-5-11(6-8-15)16-12-7-9-17(10-12)13(18)19-14(2,3)4/h11-12,16H,5-7,9-10H2,1-4H3. The molecule has 1 fully saturated rings. The van der Waals surface area contributed by atoms with Crippen molar-refractivity contribution in [3.05, 3.63) is 0 Å². The van der Waals surface area contributed by atoms with Gasteiger partial charge in [0.2, 0.25) is 0 Å². The Morgan fingerprint density at radius 1 is 1.58 bits per heavy atom. The van der Waals surface area contributed by atoms with Crippen LogP contribution in [0.1, 0.15) is 47.0 Å². The summed E-state index contributed by atoms with van der Waals surface area (Å²) in [5.74, 6) is 0. The molecule has 1 aliphatic heterocycles. The molecule has 5 heteroatoms. The second kappa shape index (κ2) is 6.76. The minimum absolute atomic E-state index is 0.216. The van der Waals surface area contributed by atoms with E-state index >= 15 is 0 Å². The van der Waals surface area contributed by atoms with Crippen molar-refractivity contribution in [3.63, 3.8) is 0 Å². The second-order valence-corrected chi connectivity index (χ2v) is 6.05. The van der Waals surface area contributed by atoms with Crippen LogP contribution in [0.2, 0.25) is 0 Å². The van der Waals surface area contributed by atoms with Gasteiger partial charge in [0, 0.05) is 25.2 Å². The molecule has 0 spiro atoms. The molecule has 0 aliphatic carbocycles. The van der Waals surface area contributed by atoms with Crippen molar-refractivity contribution in [3.8, 4) is 6.07 Å². The highest BCUT2D eigenvalue weighted by atomic mass is 16.6. The lowest BCUT2D eigenvalue weighted by Crippen LogP contribution is -2.41. The normalized spacial score (nSPS) is 21.0. The lowest BCUT2D eigenvalue weighted by molar-refractivity contribution is 0.0290. The van der Waals surface area contributed by atoms with Crippen molar-refractivity contribution in [2.45, 2.75) is 64.6 Å². The third-order valence-electron chi connectivity index (χ3n) is 3.14. The summed E-state index contributed by atoms with van der Waals surface area (Å²) in [6.07, 6.45) is 2.11. The number of nitriles is 1. The van der Waals surface area contributed by atoms with E-state index in [0.29, 0.717) is 13.0 Å². The Morgan fingerprint density at radius 2 is 2.26 bits per heavy atom. The van der Waals surface area contributed by atoms with E-state index in [1.54, 1.807) is 4.90 Å². The minimum atomic E-state index is -0.449. The van der Waals surface area contributed by atoms with Crippen LogP contribution >= 0.6 is 0 Å². The predicted molar refractivity (Wildman–Crippen MR) is 73.7 cm³/mol. The summed E-state index contributed by atoms with van der Waals surface area (Å²) in [6.45, 7) is 9.06. The molecule has 1 heterocycles. The van der Waals surface area contributed by atoms with Gasteiger partial charge in [0.15, 0.2) is 0 Å². The maximum Gasteiger partial charge on any atom is 0.410 e. The highest BCUT2D eigenvalue weighted by Crippen LogP contribution is 2.16. The summed E-state index contributed by atoms with van der Waals surface area (Å²) in [4.78, 5) is 13.6. The molecule has 0 saturated carbocycles. The number of nitrogens with zero attached hydrogens (tertiary/aromatic N) is 2. The average molecular weight is 267 g/mol. The Balaban J connectivity index is 2.41. The molecule has 19 heavy (non-hydrogen) atoms. The van der Waals surface area contributed by atoms with Gasteiger partial charge in [0.05, 0.1) is 12.5 Å². The lowest BCUT2D eigenvalue weighted by Gasteiger charge is -2.25. The molecule has 0 aromatic rings. The third kappa shape index (κ3) is 5.48. The van der Waals surface area contributed by atoms with Crippen LogP contribution in [0.5, 0.6) is 0 Å². The first-order valence-corrected chi connectivity index (χ1v) is 6.96. The van der Waals surface area contributed by atoms with Gasteiger partial charge in [-0.15, -0.1) is 0 Å². The molecule has 1 rings (SSSR count). The maximum absolute atomic E-state index is 11.9. The monoisotopic (exact) mass is 267 g/mol. The zero-order valence-electron chi connectivity index (χ0n) is 12.4. The molecule has 0 aromatic carbocycles. The zero-order valence-corrected chi connectivity index (χ0v) is 12.4. The molecule has 2 unspecified atom stereocenters. The molecule has 2 atom stereocenters. The smallest absolute Gasteiger partial charge is 0.410 e. The van der Waals surface area contributed by atoms with Gasteiger partial charge >= 0.3 is 6.09 Å². The fourth-order valence-corrected chi connectivity index (χ4v) is 2.15. The lowest BCUT2D eigenvalue weighted by atomic mass is 10.1. The number of carbonyl (C=O) groups excluding carboxylic acids is 1. The van der Waals surface area contributed by atoms with Crippen LogP contribution in [0.4, 0.5) is 4.79 Å². The minimum Gasteiger partial charge on any atom is -0.444 e. The van der Waals surface area contributed by atoms with Crippen LogP contribution in [-0.4, -0.2) is 41.8 Å². The maximum atomic E-state index is 11.9. The van der Waals surface area contributed by atoms with E-state index in [1.807, 2.05) is 20.8 Å². The summed E-state index contributed by atoms with van der Waals surface area (Å²) in [7, 11) is 0. The summed E-state index contributed by atoms with van der Waals surface area (Å²) < 4.78 is 5.36. The Morgan fingerprint density at radius 3 is 2.79 bits per heavy atom. The average Bonchev–Trinajstić information content (AvgIpc) is 2.75. The third-order valence-corrected chi connectivity index (χ3v) is 3.14. The van der Waals surface area contributed by atoms with Gasteiger partial charge in [0.25, 0.3) is 0 Å². The van der Waals surface area contributed by atoms with Gasteiger partial charge in [-0.1, -0.05) is 6.92 Å². The van der Waals surface area contributed by atoms with Gasteiger partial charge < -0.3 is 15.0 Å². The van der Waals surface area contributed by atoms with Crippen molar-refractivity contribution in [1.82, 2.24) is 10.2 Å². The predicted octanol–water partition coefficient (Wildman–Crippen LogP) is 2.28. The van der Waals surface area contributed by atoms with E-state index in [-0.39, 0.29) is 18.2 Å². The van der Waals surface area contributed by atoms with Crippen molar-refractivity contribution in [1.29, 1.82) is 5.26 Å². The number of likely N-dealkylation sites (tertiary alicyclic amines) is 1. The van der Waals surface area contributed by atoms with Crippen LogP contribution in [0.3, 0.4) is 0 Å². The SMILES string of the molecule is CCC(CC#N)NC1CCN(C(=O)OC(C)(C)C)C1. The molecule has 108 valence electrons. The summed E-state index contributed by atoms with van der Waals surface area (Å²) in [6, 6.07) is 2.68. The van der Waals surface area contributed by atoms with E-state index in [1.165, 1.54) is 0 Å². The molecule has 1 saturated heterocycles. The van der Waals surface area contributed by atoms with Crippen LogP contribution in [0.25, 0.3) is 0 Å². The van der Waals surface area contributed by atoms with Gasteiger partial charge in [-0.05, 0) is 33.6 Å². The first kappa shape index (κ1) is 15.8. The Bertz CT molecular complexity index is 344. The molecular weight excluding hydrogens is 242 g/mol. The number of amides is 1. The highest BCUT2D eigenvalue weighted by Gasteiger charge is 2.30. The first-order chi connectivity index (χ1) is 8.85. The zero-order chi connectivity index (χ0) is 14.5. The Hall–Kier alpha value is -1.28. The molecule has 1 N–H and O–H groups in total. The number of hydrogen-bond donors (Lipinski definition) is 1. The van der Waals surface area contributed by atoms with E-state index in [2.05, 4.69) is 18.3 Å². The molecule has 1 amide bonds. The topological polar surface area (TPSA) is 65.4 Å². The summed E-state index contributed by atoms with van der Waals surface area (Å²) in [5.41, 5.74) is -0.449. The van der Waals surface area contributed by atoms with Crippen LogP contribution < -0.4 is 5.32 Å². The molecule has 5 nitrogen and oxygen atoms in total. The summed E-state index contributed by atoms with van der Waals surface area (Å²) in [5, 5.41) is 12.2. The van der Waals surface area contributed by atoms with Crippen molar-refractivity contribution in [2.24, 2.45) is 0 Å². The fraction of sp³-hybridized carbons (Fsp3) is 0.857. The number of ether oxygens (including phenoxy) is 1. The van der Waals surface area contributed by atoms with Gasteiger partial charge in [-0.2, -0.15) is 5.26 Å². The highest BCUT2D eigenvalue weighted by molar-refractivity contribution is 5.68. The van der Waals surface area contributed by atoms with Crippen LogP contribution in [0, 0.1) is 11.3 Å². The van der Waals surface area contributed by atoms with Gasteiger partial charge in [-0.3, -0.25) is 0 Å². The first-order valence-electron chi connectivity index (χ1n) is 6.96. The Labute approximate surface area is 115 Å². The number of nitrogens with one attached hydrogen (secondary N) is 1. The molecule has 0 bridgehead atoms. The van der Waals surface area contributed by atoms with Crippen LogP contribution in [-0.2, 0) is 4.74 Å². The van der Waals surface area contributed by atoms with E-state index in [9.17, 15) is 4.79 Å². The van der Waals surface area contributed by atoms with E-state index in [4.69, 9.17) is 10.00 Å². The molecule has 1 aliphatic rings. The quantitative estimate of drug-likeness (QED) is 0.848. The molecule has 0 radical (unpaired) electrons. The number of rotatable bonds is 4. The fourth-order valence-electron chi connectivity index (χ4n) is 2.15. The molecule has 0 aromatic heterocycles. The molecular formula is C14H25N3O2. The van der Waals surface area contributed by atoms with E-state index in [0.717, 1.165) is 19.4 Å².